The third kappa shape index (κ3) is 5.91. The second-order valence-corrected chi connectivity index (χ2v) is 9.02. The molecule has 2 aromatic carbocycles. The van der Waals surface area contributed by atoms with Gasteiger partial charge in [0.05, 0.1) is 4.90 Å². The van der Waals surface area contributed by atoms with E-state index in [0.717, 1.165) is 37.1 Å². The zero-order chi connectivity index (χ0) is 19.8. The van der Waals surface area contributed by atoms with E-state index in [4.69, 9.17) is 0 Å². The van der Waals surface area contributed by atoms with Crippen molar-refractivity contribution in [3.63, 3.8) is 0 Å². The van der Waals surface area contributed by atoms with Crippen LogP contribution in [0.25, 0.3) is 0 Å². The molecule has 0 unspecified atom stereocenters. The first-order valence-electron chi connectivity index (χ1n) is 9.95. The number of sulfonamides is 1. The van der Waals surface area contributed by atoms with E-state index in [1.54, 1.807) is 24.3 Å². The summed E-state index contributed by atoms with van der Waals surface area (Å²) in [5.41, 5.74) is 1.89. The molecule has 1 heterocycles. The maximum absolute atomic E-state index is 12.5. The minimum absolute atomic E-state index is 0.197. The van der Waals surface area contributed by atoms with Gasteiger partial charge in [-0.2, -0.15) is 0 Å². The summed E-state index contributed by atoms with van der Waals surface area (Å²) >= 11 is 0. The van der Waals surface area contributed by atoms with Crippen LogP contribution < -0.4 is 4.72 Å². The van der Waals surface area contributed by atoms with Crippen LogP contribution in [0.2, 0.25) is 0 Å². The molecule has 1 amide bonds. The first-order chi connectivity index (χ1) is 13.5. The minimum atomic E-state index is -3.55. The molecule has 0 aliphatic carbocycles. The molecule has 28 heavy (non-hydrogen) atoms. The monoisotopic (exact) mass is 400 g/mol. The highest BCUT2D eigenvalue weighted by Crippen LogP contribution is 2.15. The van der Waals surface area contributed by atoms with Gasteiger partial charge in [0.25, 0.3) is 0 Å². The minimum Gasteiger partial charge on any atom is -0.343 e. The zero-order valence-corrected chi connectivity index (χ0v) is 17.0. The van der Waals surface area contributed by atoms with Gasteiger partial charge in [-0.05, 0) is 42.5 Å². The molecule has 1 fully saturated rings. The molecule has 0 spiro atoms. The van der Waals surface area contributed by atoms with Crippen LogP contribution in [0.15, 0.2) is 59.5 Å². The third-order valence-corrected chi connectivity index (χ3v) is 6.55. The van der Waals surface area contributed by atoms with Crippen molar-refractivity contribution in [1.82, 2.24) is 9.62 Å². The van der Waals surface area contributed by atoms with Crippen LogP contribution >= 0.6 is 0 Å². The van der Waals surface area contributed by atoms with E-state index in [-0.39, 0.29) is 17.3 Å². The standard InChI is InChI=1S/C22H28N2O3S/c25-22(24-16-6-1-2-7-17-24)15-12-19-10-13-21(14-11-19)28(26,27)23-18-20-8-4-3-5-9-20/h3-5,8-11,13-14,23H,1-2,6-7,12,15-18H2. The summed E-state index contributed by atoms with van der Waals surface area (Å²) in [5.74, 6) is 0.197. The molecule has 0 aromatic heterocycles. The summed E-state index contributed by atoms with van der Waals surface area (Å²) in [6.07, 6.45) is 5.70. The Morgan fingerprint density at radius 1 is 0.857 bits per heavy atom. The summed E-state index contributed by atoms with van der Waals surface area (Å²) in [5, 5.41) is 0. The molecular formula is C22H28N2O3S. The van der Waals surface area contributed by atoms with Gasteiger partial charge in [0.15, 0.2) is 0 Å². The summed E-state index contributed by atoms with van der Waals surface area (Å²) in [6, 6.07) is 16.2. The molecule has 0 saturated carbocycles. The molecule has 1 aliphatic rings. The average molecular weight is 401 g/mol. The number of likely N-dealkylation sites (tertiary alicyclic amines) is 1. The number of carbonyl (C=O) groups is 1. The number of nitrogens with one attached hydrogen (secondary N) is 1. The Bertz CT molecular complexity index is 856. The Morgan fingerprint density at radius 3 is 2.14 bits per heavy atom. The van der Waals surface area contributed by atoms with Crippen molar-refractivity contribution >= 4 is 15.9 Å². The highest BCUT2D eigenvalue weighted by Gasteiger charge is 2.16. The van der Waals surface area contributed by atoms with Gasteiger partial charge in [0, 0.05) is 26.1 Å². The van der Waals surface area contributed by atoms with Gasteiger partial charge in [-0.15, -0.1) is 0 Å². The molecule has 0 radical (unpaired) electrons. The highest BCUT2D eigenvalue weighted by molar-refractivity contribution is 7.89. The van der Waals surface area contributed by atoms with Crippen LogP contribution in [0.1, 0.15) is 43.2 Å². The molecular weight excluding hydrogens is 372 g/mol. The van der Waals surface area contributed by atoms with E-state index in [9.17, 15) is 13.2 Å². The molecule has 0 bridgehead atoms. The fraction of sp³-hybridized carbons (Fsp3) is 0.409. The smallest absolute Gasteiger partial charge is 0.240 e. The number of aryl methyl sites for hydroxylation is 1. The lowest BCUT2D eigenvalue weighted by molar-refractivity contribution is -0.131. The van der Waals surface area contributed by atoms with Gasteiger partial charge in [0.1, 0.15) is 0 Å². The molecule has 6 heteroatoms. The van der Waals surface area contributed by atoms with Crippen molar-refractivity contribution in [2.24, 2.45) is 0 Å². The molecule has 3 rings (SSSR count). The number of carbonyl (C=O) groups excluding carboxylic acids is 1. The van der Waals surface area contributed by atoms with Crippen molar-refractivity contribution in [1.29, 1.82) is 0 Å². The van der Waals surface area contributed by atoms with Gasteiger partial charge in [0.2, 0.25) is 15.9 Å². The summed E-state index contributed by atoms with van der Waals surface area (Å²) in [6.45, 7) is 1.99. The fourth-order valence-corrected chi connectivity index (χ4v) is 4.44. The van der Waals surface area contributed by atoms with E-state index in [2.05, 4.69) is 4.72 Å². The lowest BCUT2D eigenvalue weighted by Crippen LogP contribution is -2.31. The first-order valence-corrected chi connectivity index (χ1v) is 11.4. The quantitative estimate of drug-likeness (QED) is 0.774. The van der Waals surface area contributed by atoms with Gasteiger partial charge in [-0.3, -0.25) is 4.79 Å². The normalized spacial score (nSPS) is 15.2. The Morgan fingerprint density at radius 2 is 1.50 bits per heavy atom. The lowest BCUT2D eigenvalue weighted by atomic mass is 10.1. The second-order valence-electron chi connectivity index (χ2n) is 7.25. The number of hydrogen-bond acceptors (Lipinski definition) is 3. The lowest BCUT2D eigenvalue weighted by Gasteiger charge is -2.20. The van der Waals surface area contributed by atoms with E-state index in [0.29, 0.717) is 12.8 Å². The Kier molecular flexibility index (Phi) is 7.23. The topological polar surface area (TPSA) is 66.5 Å². The number of hydrogen-bond donors (Lipinski definition) is 1. The van der Waals surface area contributed by atoms with Crippen LogP contribution in [0, 0.1) is 0 Å². The molecule has 2 aromatic rings. The maximum Gasteiger partial charge on any atom is 0.240 e. The van der Waals surface area contributed by atoms with Crippen LogP contribution in [0.4, 0.5) is 0 Å². The number of nitrogens with zero attached hydrogens (tertiary/aromatic N) is 1. The van der Waals surface area contributed by atoms with Crippen LogP contribution in [0.3, 0.4) is 0 Å². The van der Waals surface area contributed by atoms with E-state index < -0.39 is 10.0 Å². The Labute approximate surface area is 167 Å². The maximum atomic E-state index is 12.5. The first kappa shape index (κ1) is 20.6. The Balaban J connectivity index is 1.53. The highest BCUT2D eigenvalue weighted by atomic mass is 32.2. The molecule has 1 saturated heterocycles. The molecule has 1 N–H and O–H groups in total. The largest absolute Gasteiger partial charge is 0.343 e. The van der Waals surface area contributed by atoms with E-state index >= 15 is 0 Å². The fourth-order valence-electron chi connectivity index (χ4n) is 3.42. The Hall–Kier alpha value is -2.18. The van der Waals surface area contributed by atoms with Crippen molar-refractivity contribution < 1.29 is 13.2 Å². The van der Waals surface area contributed by atoms with Crippen molar-refractivity contribution in [3.05, 3.63) is 65.7 Å². The van der Waals surface area contributed by atoms with E-state index in [1.165, 1.54) is 12.8 Å². The number of benzene rings is 2. The molecule has 0 atom stereocenters. The third-order valence-electron chi connectivity index (χ3n) is 5.13. The molecule has 5 nitrogen and oxygen atoms in total. The van der Waals surface area contributed by atoms with Gasteiger partial charge >= 0.3 is 0 Å². The van der Waals surface area contributed by atoms with Crippen LogP contribution in [-0.2, 0) is 27.8 Å². The zero-order valence-electron chi connectivity index (χ0n) is 16.1. The second kappa shape index (κ2) is 9.85. The number of amides is 1. The molecule has 150 valence electrons. The van der Waals surface area contributed by atoms with Crippen LogP contribution in [0.5, 0.6) is 0 Å². The summed E-state index contributed by atoms with van der Waals surface area (Å²) in [7, 11) is -3.55. The summed E-state index contributed by atoms with van der Waals surface area (Å²) in [4.78, 5) is 14.6. The molecule has 1 aliphatic heterocycles. The van der Waals surface area contributed by atoms with Crippen molar-refractivity contribution in [2.45, 2.75) is 50.0 Å². The van der Waals surface area contributed by atoms with Gasteiger partial charge < -0.3 is 4.90 Å². The predicted octanol–water partition coefficient (Wildman–Crippen LogP) is 3.50. The van der Waals surface area contributed by atoms with Crippen molar-refractivity contribution in [2.75, 3.05) is 13.1 Å². The summed E-state index contributed by atoms with van der Waals surface area (Å²) < 4.78 is 27.5. The van der Waals surface area contributed by atoms with Gasteiger partial charge in [-0.25, -0.2) is 13.1 Å². The van der Waals surface area contributed by atoms with E-state index in [1.807, 2.05) is 35.2 Å². The van der Waals surface area contributed by atoms with Crippen molar-refractivity contribution in [3.8, 4) is 0 Å². The number of rotatable bonds is 7. The van der Waals surface area contributed by atoms with Crippen LogP contribution in [-0.4, -0.2) is 32.3 Å². The predicted molar refractivity (Wildman–Crippen MR) is 110 cm³/mol. The average Bonchev–Trinajstić information content (AvgIpc) is 3.01. The SMILES string of the molecule is O=C(CCc1ccc(S(=O)(=O)NCc2ccccc2)cc1)N1CCCCCC1. The van der Waals surface area contributed by atoms with Gasteiger partial charge in [-0.1, -0.05) is 55.3 Å².